The summed E-state index contributed by atoms with van der Waals surface area (Å²) < 4.78 is 7.24. The van der Waals surface area contributed by atoms with E-state index in [2.05, 4.69) is 26.8 Å². The standard InChI is InChI=1S/C20H22N6O2/c1-5-9-28-13(3)16-12(2)24-18(19(21)25-16)20(27)22-10-14-7-6-8-15-17(14)23-11-26(15)4/h5-9,11H,3,10H2,1-2,4H3,(H2,21,25)(H,22,27)/b9-5-. The van der Waals surface area contributed by atoms with Gasteiger partial charge in [0.1, 0.15) is 11.5 Å². The Labute approximate surface area is 162 Å². The number of nitrogens with two attached hydrogens (primary N) is 1. The van der Waals surface area contributed by atoms with Crippen LogP contribution in [0.15, 0.2) is 43.4 Å². The number of imidazole rings is 1. The Morgan fingerprint density at radius 3 is 2.89 bits per heavy atom. The molecule has 1 amide bonds. The van der Waals surface area contributed by atoms with E-state index in [1.54, 1.807) is 19.3 Å². The highest BCUT2D eigenvalue weighted by atomic mass is 16.5. The van der Waals surface area contributed by atoms with Gasteiger partial charge in [0, 0.05) is 13.6 Å². The van der Waals surface area contributed by atoms with Gasteiger partial charge in [0.2, 0.25) is 0 Å². The fraction of sp³-hybridized carbons (Fsp3) is 0.200. The fourth-order valence-electron chi connectivity index (χ4n) is 2.79. The summed E-state index contributed by atoms with van der Waals surface area (Å²) in [6.07, 6.45) is 4.95. The van der Waals surface area contributed by atoms with Gasteiger partial charge >= 0.3 is 0 Å². The molecule has 0 unspecified atom stereocenters. The number of anilines is 1. The highest BCUT2D eigenvalue weighted by Crippen LogP contribution is 2.19. The third-order valence-electron chi connectivity index (χ3n) is 4.20. The van der Waals surface area contributed by atoms with Crippen LogP contribution in [0.25, 0.3) is 16.8 Å². The molecule has 0 fully saturated rings. The summed E-state index contributed by atoms with van der Waals surface area (Å²) >= 11 is 0. The molecule has 0 aliphatic heterocycles. The molecule has 3 aromatic rings. The maximum absolute atomic E-state index is 12.6. The van der Waals surface area contributed by atoms with Gasteiger partial charge in [-0.15, -0.1) is 0 Å². The minimum Gasteiger partial charge on any atom is -0.464 e. The number of benzene rings is 1. The average molecular weight is 378 g/mol. The number of nitrogen functional groups attached to an aromatic ring is 1. The summed E-state index contributed by atoms with van der Waals surface area (Å²) in [5, 5.41) is 2.83. The van der Waals surface area contributed by atoms with Crippen molar-refractivity contribution in [3.05, 3.63) is 66.1 Å². The molecule has 1 aromatic carbocycles. The molecule has 0 radical (unpaired) electrons. The molecular formula is C20H22N6O2. The minimum atomic E-state index is -0.410. The van der Waals surface area contributed by atoms with Gasteiger partial charge in [0.25, 0.3) is 5.91 Å². The number of carbonyl (C=O) groups is 1. The molecule has 8 heteroatoms. The van der Waals surface area contributed by atoms with Gasteiger partial charge in [-0.25, -0.2) is 15.0 Å². The first-order valence-corrected chi connectivity index (χ1v) is 8.70. The number of rotatable bonds is 6. The molecule has 8 nitrogen and oxygen atoms in total. The van der Waals surface area contributed by atoms with E-state index in [1.165, 1.54) is 6.26 Å². The van der Waals surface area contributed by atoms with E-state index in [0.29, 0.717) is 23.7 Å². The molecular weight excluding hydrogens is 356 g/mol. The lowest BCUT2D eigenvalue weighted by atomic mass is 10.2. The smallest absolute Gasteiger partial charge is 0.273 e. The van der Waals surface area contributed by atoms with Crippen molar-refractivity contribution in [1.29, 1.82) is 0 Å². The lowest BCUT2D eigenvalue weighted by molar-refractivity contribution is 0.0946. The predicted molar refractivity (Wildman–Crippen MR) is 108 cm³/mol. The molecule has 3 N–H and O–H groups in total. The van der Waals surface area contributed by atoms with Crippen LogP contribution >= 0.6 is 0 Å². The average Bonchev–Trinajstić information content (AvgIpc) is 3.07. The van der Waals surface area contributed by atoms with Gasteiger partial charge in [0.05, 0.1) is 29.3 Å². The molecule has 0 aliphatic rings. The van der Waals surface area contributed by atoms with E-state index in [4.69, 9.17) is 10.5 Å². The van der Waals surface area contributed by atoms with Crippen molar-refractivity contribution in [2.75, 3.05) is 5.73 Å². The Balaban J connectivity index is 1.79. The second-order valence-electron chi connectivity index (χ2n) is 6.22. The molecule has 0 aliphatic carbocycles. The monoisotopic (exact) mass is 378 g/mol. The van der Waals surface area contributed by atoms with Gasteiger partial charge < -0.3 is 20.4 Å². The van der Waals surface area contributed by atoms with Crippen molar-refractivity contribution in [3.63, 3.8) is 0 Å². The Morgan fingerprint density at radius 1 is 1.36 bits per heavy atom. The molecule has 0 saturated heterocycles. The van der Waals surface area contributed by atoms with Crippen molar-refractivity contribution in [3.8, 4) is 0 Å². The molecule has 3 rings (SSSR count). The van der Waals surface area contributed by atoms with Crippen LogP contribution in [0.2, 0.25) is 0 Å². The number of hydrogen-bond donors (Lipinski definition) is 2. The fourth-order valence-corrected chi connectivity index (χ4v) is 2.79. The zero-order valence-electron chi connectivity index (χ0n) is 16.1. The molecule has 0 spiro atoms. The number of ether oxygens (including phenoxy) is 1. The first-order chi connectivity index (χ1) is 13.4. The summed E-state index contributed by atoms with van der Waals surface area (Å²) in [5.74, 6) is -0.0875. The first-order valence-electron chi connectivity index (χ1n) is 8.70. The van der Waals surface area contributed by atoms with E-state index in [0.717, 1.165) is 16.6 Å². The Hall–Kier alpha value is -3.68. The number of nitrogens with one attached hydrogen (secondary N) is 1. The van der Waals surface area contributed by atoms with Crippen molar-refractivity contribution in [2.45, 2.75) is 20.4 Å². The molecule has 2 heterocycles. The van der Waals surface area contributed by atoms with Crippen molar-refractivity contribution in [2.24, 2.45) is 7.05 Å². The second-order valence-corrected chi connectivity index (χ2v) is 6.22. The van der Waals surface area contributed by atoms with Crippen molar-refractivity contribution < 1.29 is 9.53 Å². The van der Waals surface area contributed by atoms with E-state index < -0.39 is 5.91 Å². The lowest BCUT2D eigenvalue weighted by Gasteiger charge is -2.11. The first kappa shape index (κ1) is 19.1. The maximum Gasteiger partial charge on any atom is 0.273 e. The van der Waals surface area contributed by atoms with Crippen LogP contribution in [-0.4, -0.2) is 25.4 Å². The Bertz CT molecular complexity index is 1080. The highest BCUT2D eigenvalue weighted by Gasteiger charge is 2.18. The topological polar surface area (TPSA) is 108 Å². The van der Waals surface area contributed by atoms with Crippen LogP contribution in [0.4, 0.5) is 5.82 Å². The quantitative estimate of drug-likeness (QED) is 0.639. The lowest BCUT2D eigenvalue weighted by Crippen LogP contribution is -2.26. The van der Waals surface area contributed by atoms with Gasteiger partial charge in [0.15, 0.2) is 11.5 Å². The van der Waals surface area contributed by atoms with Crippen LogP contribution in [0.3, 0.4) is 0 Å². The number of fused-ring (bicyclic) bond motifs is 1. The molecule has 28 heavy (non-hydrogen) atoms. The largest absolute Gasteiger partial charge is 0.464 e. The minimum absolute atomic E-state index is 0.0133. The number of aromatic nitrogens is 4. The Morgan fingerprint density at radius 2 is 2.14 bits per heavy atom. The van der Waals surface area contributed by atoms with Crippen LogP contribution in [0.5, 0.6) is 0 Å². The summed E-state index contributed by atoms with van der Waals surface area (Å²) in [4.78, 5) is 25.5. The maximum atomic E-state index is 12.6. The molecule has 0 saturated carbocycles. The number of carbonyl (C=O) groups excluding carboxylic acids is 1. The van der Waals surface area contributed by atoms with Crippen LogP contribution in [0.1, 0.15) is 34.4 Å². The van der Waals surface area contributed by atoms with Crippen LogP contribution in [0, 0.1) is 6.92 Å². The summed E-state index contributed by atoms with van der Waals surface area (Å²) in [5.41, 5.74) is 9.66. The van der Waals surface area contributed by atoms with Crippen LogP contribution in [-0.2, 0) is 18.3 Å². The summed E-state index contributed by atoms with van der Waals surface area (Å²) in [7, 11) is 1.92. The summed E-state index contributed by atoms with van der Waals surface area (Å²) in [6.45, 7) is 7.64. The molecule has 0 bridgehead atoms. The third kappa shape index (κ3) is 3.71. The van der Waals surface area contributed by atoms with Crippen molar-refractivity contribution in [1.82, 2.24) is 24.8 Å². The molecule has 2 aromatic heterocycles. The van der Waals surface area contributed by atoms with Gasteiger partial charge in [-0.2, -0.15) is 0 Å². The number of aryl methyl sites for hydroxylation is 2. The third-order valence-corrected chi connectivity index (χ3v) is 4.20. The highest BCUT2D eigenvalue weighted by molar-refractivity contribution is 5.96. The predicted octanol–water partition coefficient (Wildman–Crippen LogP) is 2.70. The molecule has 0 atom stereocenters. The number of amides is 1. The van der Waals surface area contributed by atoms with Gasteiger partial charge in [-0.05, 0) is 25.5 Å². The Kier molecular flexibility index (Phi) is 5.39. The number of hydrogen-bond acceptors (Lipinski definition) is 6. The number of allylic oxidation sites excluding steroid dienone is 1. The number of para-hydroxylation sites is 1. The number of nitrogens with zero attached hydrogens (tertiary/aromatic N) is 4. The van der Waals surface area contributed by atoms with Crippen molar-refractivity contribution >= 4 is 28.5 Å². The van der Waals surface area contributed by atoms with E-state index in [9.17, 15) is 4.79 Å². The van der Waals surface area contributed by atoms with E-state index in [-0.39, 0.29) is 11.5 Å². The van der Waals surface area contributed by atoms with Crippen LogP contribution < -0.4 is 11.1 Å². The SMILES string of the molecule is C=C(O/C=C\C)c1nc(N)c(C(=O)NCc2cccc3c2ncn3C)nc1C. The van der Waals surface area contributed by atoms with Gasteiger partial charge in [-0.3, -0.25) is 4.79 Å². The molecule has 144 valence electrons. The summed E-state index contributed by atoms with van der Waals surface area (Å²) in [6, 6.07) is 5.82. The zero-order chi connectivity index (χ0) is 20.3. The normalized spacial score (nSPS) is 11.1. The second kappa shape index (κ2) is 7.91. The van der Waals surface area contributed by atoms with E-state index in [1.807, 2.05) is 36.7 Å². The van der Waals surface area contributed by atoms with E-state index >= 15 is 0 Å². The zero-order valence-corrected chi connectivity index (χ0v) is 16.1. The van der Waals surface area contributed by atoms with Gasteiger partial charge in [-0.1, -0.05) is 24.8 Å².